The van der Waals surface area contributed by atoms with Crippen molar-refractivity contribution < 1.29 is 26.3 Å². The highest BCUT2D eigenvalue weighted by atomic mass is 19.2. The van der Waals surface area contributed by atoms with Gasteiger partial charge in [-0.2, -0.15) is 5.53 Å². The van der Waals surface area contributed by atoms with E-state index in [4.69, 9.17) is 0 Å². The first kappa shape index (κ1) is 23.3. The molecule has 0 atom stereocenters. The van der Waals surface area contributed by atoms with Gasteiger partial charge in [0.1, 0.15) is 0 Å². The SMILES string of the molecule is Fc1ccc(CC2CN(Cc3ccc(F)c(F)c3)NN(Cc3ccc(F)c(F)c3)C2)cc1F. The third kappa shape index (κ3) is 5.93. The van der Waals surface area contributed by atoms with Crippen molar-refractivity contribution in [3.05, 3.63) is 106 Å². The monoisotopic (exact) mass is 465 g/mol. The first-order chi connectivity index (χ1) is 15.8. The Kier molecular flexibility index (Phi) is 7.02. The van der Waals surface area contributed by atoms with E-state index in [9.17, 15) is 26.3 Å². The van der Waals surface area contributed by atoms with Crippen LogP contribution in [0.2, 0.25) is 0 Å². The lowest BCUT2D eigenvalue weighted by Crippen LogP contribution is -2.58. The Balaban J connectivity index is 1.52. The number of rotatable bonds is 6. The fraction of sp³-hybridized carbons (Fsp3) is 0.250. The minimum absolute atomic E-state index is 0.0494. The minimum Gasteiger partial charge on any atom is -0.226 e. The summed E-state index contributed by atoms with van der Waals surface area (Å²) >= 11 is 0. The maximum atomic E-state index is 13.7. The Morgan fingerprint density at radius 2 is 0.970 bits per heavy atom. The summed E-state index contributed by atoms with van der Waals surface area (Å²) in [5.74, 6) is -5.71. The Hall–Kier alpha value is -2.88. The molecule has 1 N–H and O–H groups in total. The maximum Gasteiger partial charge on any atom is 0.159 e. The van der Waals surface area contributed by atoms with E-state index in [0.29, 0.717) is 36.2 Å². The van der Waals surface area contributed by atoms with Gasteiger partial charge >= 0.3 is 0 Å². The third-order valence-corrected chi connectivity index (χ3v) is 5.46. The van der Waals surface area contributed by atoms with Gasteiger partial charge < -0.3 is 0 Å². The summed E-state index contributed by atoms with van der Waals surface area (Å²) in [5.41, 5.74) is 4.83. The summed E-state index contributed by atoms with van der Waals surface area (Å²) in [4.78, 5) is 0. The maximum absolute atomic E-state index is 13.7. The molecular weight excluding hydrogens is 444 g/mol. The van der Waals surface area contributed by atoms with Gasteiger partial charge in [-0.05, 0) is 65.4 Å². The van der Waals surface area contributed by atoms with Gasteiger partial charge in [-0.3, -0.25) is 0 Å². The van der Waals surface area contributed by atoms with Crippen molar-refractivity contribution in [2.24, 2.45) is 5.92 Å². The largest absolute Gasteiger partial charge is 0.226 e. The van der Waals surface area contributed by atoms with E-state index in [1.165, 1.54) is 18.2 Å². The van der Waals surface area contributed by atoms with Gasteiger partial charge in [-0.25, -0.2) is 36.4 Å². The quantitative estimate of drug-likeness (QED) is 0.510. The number of nitrogens with one attached hydrogen (secondary N) is 1. The van der Waals surface area contributed by atoms with Crippen molar-refractivity contribution in [1.29, 1.82) is 0 Å². The smallest absolute Gasteiger partial charge is 0.159 e. The lowest BCUT2D eigenvalue weighted by molar-refractivity contribution is -0.0541. The average Bonchev–Trinajstić information content (AvgIpc) is 2.76. The number of nitrogens with zero attached hydrogens (tertiary/aromatic N) is 2. The van der Waals surface area contributed by atoms with Gasteiger partial charge in [0.05, 0.1) is 0 Å². The van der Waals surface area contributed by atoms with Crippen LogP contribution in [0.1, 0.15) is 16.7 Å². The zero-order valence-corrected chi connectivity index (χ0v) is 17.5. The van der Waals surface area contributed by atoms with Crippen molar-refractivity contribution >= 4 is 0 Å². The van der Waals surface area contributed by atoms with Crippen LogP contribution in [0.25, 0.3) is 0 Å². The molecule has 1 saturated heterocycles. The Morgan fingerprint density at radius 3 is 1.39 bits per heavy atom. The summed E-state index contributed by atoms with van der Waals surface area (Å²) in [7, 11) is 0. The van der Waals surface area contributed by atoms with Gasteiger partial charge in [0.15, 0.2) is 34.9 Å². The second-order valence-corrected chi connectivity index (χ2v) is 8.18. The lowest BCUT2D eigenvalue weighted by atomic mass is 9.97. The molecular formula is C24H21F6N3. The van der Waals surface area contributed by atoms with E-state index >= 15 is 0 Å². The van der Waals surface area contributed by atoms with Crippen LogP contribution < -0.4 is 5.53 Å². The topological polar surface area (TPSA) is 18.5 Å². The van der Waals surface area contributed by atoms with Crippen LogP contribution in [0.5, 0.6) is 0 Å². The second kappa shape index (κ2) is 9.94. The molecule has 174 valence electrons. The molecule has 0 amide bonds. The molecule has 9 heteroatoms. The number of hydrazine groups is 2. The number of hydrogen-bond donors (Lipinski definition) is 1. The summed E-state index contributed by atoms with van der Waals surface area (Å²) in [6.45, 7) is 1.43. The Labute approximate surface area is 187 Å². The highest BCUT2D eigenvalue weighted by Crippen LogP contribution is 2.21. The fourth-order valence-corrected chi connectivity index (χ4v) is 4.01. The van der Waals surface area contributed by atoms with Crippen LogP contribution in [0, 0.1) is 40.8 Å². The Bertz CT molecular complexity index is 992. The van der Waals surface area contributed by atoms with Crippen molar-refractivity contribution in [3.8, 4) is 0 Å². The predicted molar refractivity (Wildman–Crippen MR) is 110 cm³/mol. The van der Waals surface area contributed by atoms with Crippen LogP contribution >= 0.6 is 0 Å². The van der Waals surface area contributed by atoms with E-state index in [1.54, 1.807) is 10.0 Å². The Morgan fingerprint density at radius 1 is 0.576 bits per heavy atom. The molecule has 0 bridgehead atoms. The highest BCUT2D eigenvalue weighted by molar-refractivity contribution is 5.20. The molecule has 3 aromatic carbocycles. The summed E-state index contributed by atoms with van der Waals surface area (Å²) < 4.78 is 80.8. The molecule has 0 saturated carbocycles. The second-order valence-electron chi connectivity index (χ2n) is 8.18. The summed E-state index contributed by atoms with van der Waals surface area (Å²) in [6, 6.07) is 11.0. The molecule has 0 spiro atoms. The zero-order chi connectivity index (χ0) is 23.5. The average molecular weight is 465 g/mol. The van der Waals surface area contributed by atoms with Gasteiger partial charge in [0, 0.05) is 26.2 Å². The lowest BCUT2D eigenvalue weighted by Gasteiger charge is -2.41. The van der Waals surface area contributed by atoms with E-state index in [-0.39, 0.29) is 19.0 Å². The summed E-state index contributed by atoms with van der Waals surface area (Å²) in [5, 5.41) is 3.56. The van der Waals surface area contributed by atoms with E-state index < -0.39 is 34.9 Å². The van der Waals surface area contributed by atoms with E-state index in [0.717, 1.165) is 36.4 Å². The van der Waals surface area contributed by atoms with Gasteiger partial charge in [0.25, 0.3) is 0 Å². The molecule has 33 heavy (non-hydrogen) atoms. The van der Waals surface area contributed by atoms with Crippen molar-refractivity contribution in [2.45, 2.75) is 19.5 Å². The molecule has 0 aliphatic carbocycles. The zero-order valence-electron chi connectivity index (χ0n) is 17.5. The molecule has 1 aliphatic rings. The molecule has 0 unspecified atom stereocenters. The standard InChI is InChI=1S/C24H21F6N3/c25-19-4-1-15(8-22(19)28)7-18-13-32(11-16-2-5-20(26)23(29)9-16)31-33(14-18)12-17-3-6-21(27)24(30)10-17/h1-6,8-10,18,31H,7,11-14H2. The predicted octanol–water partition coefficient (Wildman–Crippen LogP) is 5.12. The minimum atomic E-state index is -0.957. The van der Waals surface area contributed by atoms with Crippen molar-refractivity contribution in [1.82, 2.24) is 15.6 Å². The van der Waals surface area contributed by atoms with Crippen LogP contribution in [0.4, 0.5) is 26.3 Å². The molecule has 0 radical (unpaired) electrons. The highest BCUT2D eigenvalue weighted by Gasteiger charge is 2.26. The molecule has 1 heterocycles. The molecule has 4 rings (SSSR count). The van der Waals surface area contributed by atoms with Crippen LogP contribution in [0.3, 0.4) is 0 Å². The first-order valence-electron chi connectivity index (χ1n) is 10.3. The molecule has 3 nitrogen and oxygen atoms in total. The van der Waals surface area contributed by atoms with Gasteiger partial charge in [0.2, 0.25) is 0 Å². The first-order valence-corrected chi connectivity index (χ1v) is 10.3. The van der Waals surface area contributed by atoms with E-state index in [1.807, 2.05) is 0 Å². The number of benzene rings is 3. The fourth-order valence-electron chi connectivity index (χ4n) is 4.01. The van der Waals surface area contributed by atoms with Crippen LogP contribution in [-0.4, -0.2) is 23.1 Å². The molecule has 1 aliphatic heterocycles. The third-order valence-electron chi connectivity index (χ3n) is 5.46. The molecule has 1 fully saturated rings. The van der Waals surface area contributed by atoms with Gasteiger partial charge in [-0.15, -0.1) is 0 Å². The van der Waals surface area contributed by atoms with Crippen molar-refractivity contribution in [3.63, 3.8) is 0 Å². The van der Waals surface area contributed by atoms with Crippen molar-refractivity contribution in [2.75, 3.05) is 13.1 Å². The molecule has 3 aromatic rings. The van der Waals surface area contributed by atoms with Crippen LogP contribution in [-0.2, 0) is 19.5 Å². The normalized spacial score (nSPS) is 15.8. The summed E-state index contributed by atoms with van der Waals surface area (Å²) in [6.07, 6.45) is 0.432. The molecule has 0 aromatic heterocycles. The van der Waals surface area contributed by atoms with Crippen LogP contribution in [0.15, 0.2) is 54.6 Å². The van der Waals surface area contributed by atoms with Gasteiger partial charge in [-0.1, -0.05) is 18.2 Å². The van der Waals surface area contributed by atoms with E-state index in [2.05, 4.69) is 5.53 Å². The number of hydrogen-bond acceptors (Lipinski definition) is 3. The number of halogens is 6.